The van der Waals surface area contributed by atoms with Gasteiger partial charge in [-0.1, -0.05) is 36.4 Å². The van der Waals surface area contributed by atoms with Gasteiger partial charge in [0.1, 0.15) is 0 Å². The Bertz CT molecular complexity index is 1100. The summed E-state index contributed by atoms with van der Waals surface area (Å²) in [6.07, 6.45) is -4.64. The predicted octanol–water partition coefficient (Wildman–Crippen LogP) is 3.36. The van der Waals surface area contributed by atoms with E-state index in [9.17, 15) is 32.3 Å². The molecule has 2 rings (SSSR count). The molecule has 1 heterocycles. The van der Waals surface area contributed by atoms with Gasteiger partial charge in [0, 0.05) is 45.4 Å². The highest BCUT2D eigenvalue weighted by molar-refractivity contribution is 7.74. The number of rotatable bonds is 7. The molecule has 0 saturated heterocycles. The lowest BCUT2D eigenvalue weighted by atomic mass is 9.95. The Balaban J connectivity index is 2.09. The third kappa shape index (κ3) is 7.00. The van der Waals surface area contributed by atoms with E-state index in [0.29, 0.717) is 17.5 Å². The van der Waals surface area contributed by atoms with Crippen molar-refractivity contribution in [1.29, 1.82) is 0 Å². The molecule has 1 aromatic rings. The Morgan fingerprint density at radius 3 is 2.14 bits per heavy atom. The number of hydrogen-bond donors (Lipinski definition) is 1. The van der Waals surface area contributed by atoms with E-state index in [1.807, 2.05) is 0 Å². The van der Waals surface area contributed by atoms with Crippen LogP contribution in [0.1, 0.15) is 50.3 Å². The highest BCUT2D eigenvalue weighted by atomic mass is 35.5. The average Bonchev–Trinajstić information content (AvgIpc) is 3.19. The van der Waals surface area contributed by atoms with Gasteiger partial charge >= 0.3 is 18.5 Å². The van der Waals surface area contributed by atoms with E-state index in [0.717, 1.165) is 10.0 Å². The van der Waals surface area contributed by atoms with Crippen molar-refractivity contribution in [3.05, 3.63) is 33.8 Å². The van der Waals surface area contributed by atoms with Gasteiger partial charge in [-0.3, -0.25) is 14.4 Å². The van der Waals surface area contributed by atoms with Gasteiger partial charge in [-0.05, 0) is 23.3 Å². The molecule has 0 aromatic heterocycles. The van der Waals surface area contributed by atoms with E-state index in [1.54, 1.807) is 27.8 Å². The molecule has 1 aliphatic rings. The minimum absolute atomic E-state index is 0.0322. The SMILES string of the molecule is CN(CN(C)C(=O)C(C)(C)C)C(=O)/C(CCC(=O)N1Cc2cc(Cl)c(C(F)(F)F)cc2C1)=[N+](/S)C=O. The van der Waals surface area contributed by atoms with Gasteiger partial charge in [0.05, 0.1) is 17.3 Å². The first kappa shape index (κ1) is 29.6. The topological polar surface area (TPSA) is 81.0 Å². The Hall–Kier alpha value is -2.60. The van der Waals surface area contributed by atoms with Crippen LogP contribution in [0.2, 0.25) is 5.02 Å². The summed E-state index contributed by atoms with van der Waals surface area (Å²) >= 11 is 9.77. The number of carbonyl (C=O) groups is 4. The number of alkyl halides is 3. The second kappa shape index (κ2) is 11.2. The number of benzene rings is 1. The molecular formula is C23H29ClF3N4O4S+. The van der Waals surface area contributed by atoms with Gasteiger partial charge in [0.15, 0.2) is 12.8 Å². The van der Waals surface area contributed by atoms with Crippen LogP contribution in [-0.4, -0.2) is 69.3 Å². The number of carbonyl (C=O) groups excluding carboxylic acids is 4. The van der Waals surface area contributed by atoms with Crippen LogP contribution in [-0.2, 0) is 38.4 Å². The highest BCUT2D eigenvalue weighted by Crippen LogP contribution is 2.38. The van der Waals surface area contributed by atoms with Crippen LogP contribution in [0, 0.1) is 5.41 Å². The Morgan fingerprint density at radius 2 is 1.64 bits per heavy atom. The zero-order valence-electron chi connectivity index (χ0n) is 20.6. The second-order valence-corrected chi connectivity index (χ2v) is 10.5. The molecule has 13 heteroatoms. The maximum atomic E-state index is 13.1. The summed E-state index contributed by atoms with van der Waals surface area (Å²) in [6.45, 7) is 5.22. The summed E-state index contributed by atoms with van der Waals surface area (Å²) in [5, 5.41) is -0.439. The van der Waals surface area contributed by atoms with E-state index >= 15 is 0 Å². The van der Waals surface area contributed by atoms with Crippen molar-refractivity contribution in [3.63, 3.8) is 0 Å². The van der Waals surface area contributed by atoms with Gasteiger partial charge in [0.2, 0.25) is 11.8 Å². The number of thiol groups is 1. The molecule has 0 unspecified atom stereocenters. The van der Waals surface area contributed by atoms with Gasteiger partial charge in [-0.15, -0.1) is 0 Å². The third-order valence-corrected chi connectivity index (χ3v) is 6.28. The zero-order chi connectivity index (χ0) is 27.6. The van der Waals surface area contributed by atoms with Gasteiger partial charge in [-0.2, -0.15) is 13.2 Å². The van der Waals surface area contributed by atoms with Crippen LogP contribution in [0.15, 0.2) is 12.1 Å². The van der Waals surface area contributed by atoms with Crippen molar-refractivity contribution in [2.45, 2.75) is 52.9 Å². The largest absolute Gasteiger partial charge is 0.417 e. The normalized spacial score (nSPS) is 14.2. The van der Waals surface area contributed by atoms with Crippen molar-refractivity contribution < 1.29 is 36.3 Å². The Morgan fingerprint density at radius 1 is 1.08 bits per heavy atom. The minimum atomic E-state index is -4.61. The van der Waals surface area contributed by atoms with E-state index in [-0.39, 0.29) is 44.2 Å². The quantitative estimate of drug-likeness (QED) is 0.186. The molecule has 0 radical (unpaired) electrons. The number of fused-ring (bicyclic) bond motifs is 1. The fourth-order valence-electron chi connectivity index (χ4n) is 3.82. The zero-order valence-corrected chi connectivity index (χ0v) is 22.3. The molecule has 198 valence electrons. The summed E-state index contributed by atoms with van der Waals surface area (Å²) in [7, 11) is 2.99. The summed E-state index contributed by atoms with van der Waals surface area (Å²) in [6, 6.07) is 2.15. The lowest BCUT2D eigenvalue weighted by Crippen LogP contribution is -2.47. The van der Waals surface area contributed by atoms with Crippen molar-refractivity contribution in [2.24, 2.45) is 5.41 Å². The van der Waals surface area contributed by atoms with Crippen LogP contribution in [0.5, 0.6) is 0 Å². The Labute approximate surface area is 218 Å². The molecule has 0 N–H and O–H groups in total. The molecule has 8 nitrogen and oxygen atoms in total. The van der Waals surface area contributed by atoms with E-state index < -0.39 is 34.0 Å². The highest BCUT2D eigenvalue weighted by Gasteiger charge is 2.36. The van der Waals surface area contributed by atoms with Crippen molar-refractivity contribution >= 4 is 54.3 Å². The lowest BCUT2D eigenvalue weighted by molar-refractivity contribution is -0.270. The first-order valence-corrected chi connectivity index (χ1v) is 11.7. The van der Waals surface area contributed by atoms with Crippen LogP contribution in [0.4, 0.5) is 13.2 Å². The standard InChI is InChI=1S/C23H29ClF3N4O4S/c1-22(2,3)21(35)29(5)12-28(4)20(34)18(31(36)13-32)6-7-19(33)30-10-14-8-16(23(25,26)27)17(24)9-15(14)11-30/h8-9,13,36H,6-7,10-12H2,1-5H3/q+1/b31-18+. The molecule has 0 aliphatic carbocycles. The summed E-state index contributed by atoms with van der Waals surface area (Å²) in [4.78, 5) is 53.5. The molecular weight excluding hydrogens is 521 g/mol. The molecule has 0 spiro atoms. The predicted molar refractivity (Wildman–Crippen MR) is 130 cm³/mol. The van der Waals surface area contributed by atoms with Gasteiger partial charge in [0.25, 0.3) is 5.71 Å². The third-order valence-electron chi connectivity index (χ3n) is 5.63. The second-order valence-electron chi connectivity index (χ2n) is 9.64. The fourth-order valence-corrected chi connectivity index (χ4v) is 4.30. The van der Waals surface area contributed by atoms with Crippen LogP contribution < -0.4 is 0 Å². The van der Waals surface area contributed by atoms with Gasteiger partial charge < -0.3 is 14.7 Å². The Kier molecular flexibility index (Phi) is 9.22. The van der Waals surface area contributed by atoms with E-state index in [1.165, 1.54) is 27.8 Å². The summed E-state index contributed by atoms with van der Waals surface area (Å²) in [5.41, 5.74) is -0.853. The van der Waals surface area contributed by atoms with Crippen LogP contribution in [0.3, 0.4) is 0 Å². The first-order valence-electron chi connectivity index (χ1n) is 10.9. The van der Waals surface area contributed by atoms with Crippen molar-refractivity contribution in [2.75, 3.05) is 20.8 Å². The first-order chi connectivity index (χ1) is 16.5. The smallest absolute Gasteiger partial charge is 0.334 e. The lowest BCUT2D eigenvalue weighted by Gasteiger charge is -2.29. The maximum absolute atomic E-state index is 13.1. The number of amides is 4. The molecule has 36 heavy (non-hydrogen) atoms. The van der Waals surface area contributed by atoms with Crippen LogP contribution >= 0.6 is 24.4 Å². The van der Waals surface area contributed by atoms with E-state index in [4.69, 9.17) is 11.6 Å². The number of halogens is 4. The minimum Gasteiger partial charge on any atom is -0.334 e. The summed E-state index contributed by atoms with van der Waals surface area (Å²) < 4.78 is 40.2. The molecule has 0 saturated carbocycles. The molecule has 4 amide bonds. The number of hydrogen-bond acceptors (Lipinski definition) is 5. The molecule has 0 bridgehead atoms. The van der Waals surface area contributed by atoms with Crippen LogP contribution in [0.25, 0.3) is 0 Å². The molecule has 1 aromatic carbocycles. The van der Waals surface area contributed by atoms with Gasteiger partial charge in [-0.25, -0.2) is 4.79 Å². The summed E-state index contributed by atoms with van der Waals surface area (Å²) in [5.74, 6) is -1.22. The average molecular weight is 550 g/mol. The molecule has 0 fully saturated rings. The van der Waals surface area contributed by atoms with Crippen molar-refractivity contribution in [1.82, 2.24) is 14.7 Å². The monoisotopic (exact) mass is 549 g/mol. The maximum Gasteiger partial charge on any atom is 0.417 e. The number of nitrogens with zero attached hydrogens (tertiary/aromatic N) is 4. The van der Waals surface area contributed by atoms with Crippen molar-refractivity contribution in [3.8, 4) is 0 Å². The fraction of sp³-hybridized carbons (Fsp3) is 0.522. The molecule has 1 aliphatic heterocycles. The molecule has 0 atom stereocenters. The van der Waals surface area contributed by atoms with E-state index in [2.05, 4.69) is 12.8 Å².